The molecule has 108 valence electrons. The predicted octanol–water partition coefficient (Wildman–Crippen LogP) is 0.453. The maximum absolute atomic E-state index is 12.4. The molecule has 2 aromatic rings. The number of hydrogen-bond donors (Lipinski definition) is 2. The number of carboxylic acids is 1. The summed E-state index contributed by atoms with van der Waals surface area (Å²) in [5.74, 6) is -1.93. The van der Waals surface area contributed by atoms with Crippen LogP contribution in [0.3, 0.4) is 0 Å². The molecule has 2 heterocycles. The largest absolute Gasteiger partial charge is 0.478 e. The van der Waals surface area contributed by atoms with Gasteiger partial charge < -0.3 is 5.11 Å². The number of aromatic carboxylic acids is 1. The second-order valence-electron chi connectivity index (χ2n) is 4.44. The van der Waals surface area contributed by atoms with Crippen LogP contribution in [0.25, 0.3) is 0 Å². The van der Waals surface area contributed by atoms with Crippen LogP contribution in [0.15, 0.2) is 35.5 Å². The van der Waals surface area contributed by atoms with Gasteiger partial charge in [-0.1, -0.05) is 0 Å². The number of hydrogen-bond acceptors (Lipinski definition) is 5. The number of nitrogens with zero attached hydrogens (tertiary/aromatic N) is 2. The zero-order valence-corrected chi connectivity index (χ0v) is 11.3. The topological polar surface area (TPSA) is 120 Å². The van der Waals surface area contributed by atoms with Gasteiger partial charge in [-0.25, -0.2) is 17.5 Å². The Balaban J connectivity index is 2.08. The second-order valence-corrected chi connectivity index (χ2v) is 6.27. The Kier molecular flexibility index (Phi) is 2.80. The van der Waals surface area contributed by atoms with E-state index in [0.29, 0.717) is 9.87 Å². The number of H-pyrrole nitrogens is 1. The van der Waals surface area contributed by atoms with Crippen LogP contribution in [0.1, 0.15) is 26.3 Å². The van der Waals surface area contributed by atoms with Gasteiger partial charge in [-0.2, -0.15) is 5.10 Å². The zero-order chi connectivity index (χ0) is 15.2. The Labute approximate surface area is 119 Å². The molecule has 8 nitrogen and oxygen atoms in total. The lowest BCUT2D eigenvalue weighted by Gasteiger charge is -2.13. The van der Waals surface area contributed by atoms with Crippen LogP contribution in [-0.2, 0) is 16.6 Å². The number of aromatic amines is 1. The highest BCUT2D eigenvalue weighted by Crippen LogP contribution is 2.32. The molecule has 3 rings (SSSR count). The van der Waals surface area contributed by atoms with Crippen molar-refractivity contribution in [2.24, 2.45) is 0 Å². The van der Waals surface area contributed by atoms with Crippen LogP contribution in [0.4, 0.5) is 0 Å². The molecule has 9 heteroatoms. The summed E-state index contributed by atoms with van der Waals surface area (Å²) in [4.78, 5) is 22.8. The summed E-state index contributed by atoms with van der Waals surface area (Å²) in [5, 5.41) is 15.1. The molecule has 1 amide bonds. The highest BCUT2D eigenvalue weighted by Gasteiger charge is 2.41. The number of carbonyl (C=O) groups is 2. The lowest BCUT2D eigenvalue weighted by Crippen LogP contribution is -2.29. The molecular formula is C12H9N3O5S. The van der Waals surface area contributed by atoms with Crippen molar-refractivity contribution in [2.75, 3.05) is 0 Å². The molecule has 1 aromatic heterocycles. The highest BCUT2D eigenvalue weighted by atomic mass is 32.2. The van der Waals surface area contributed by atoms with Gasteiger partial charge in [-0.05, 0) is 18.2 Å². The third-order valence-electron chi connectivity index (χ3n) is 3.13. The molecule has 0 saturated carbocycles. The third-order valence-corrected chi connectivity index (χ3v) is 4.90. The molecule has 0 fully saturated rings. The van der Waals surface area contributed by atoms with Crippen molar-refractivity contribution in [1.82, 2.24) is 14.5 Å². The van der Waals surface area contributed by atoms with Crippen LogP contribution in [0.2, 0.25) is 0 Å². The molecule has 0 spiro atoms. The molecular weight excluding hydrogens is 298 g/mol. The Morgan fingerprint density at radius 3 is 2.76 bits per heavy atom. The molecule has 0 aliphatic carbocycles. The fourth-order valence-electron chi connectivity index (χ4n) is 2.09. The van der Waals surface area contributed by atoms with Gasteiger partial charge in [0.25, 0.3) is 15.9 Å². The number of aromatic nitrogens is 2. The van der Waals surface area contributed by atoms with Gasteiger partial charge in [-0.3, -0.25) is 9.89 Å². The summed E-state index contributed by atoms with van der Waals surface area (Å²) >= 11 is 0. The number of sulfonamides is 1. The van der Waals surface area contributed by atoms with Gasteiger partial charge >= 0.3 is 5.97 Å². The standard InChI is InChI=1S/C12H9N3O5S/c16-11-9-2-1-8(12(17)18)3-10(9)21(19,20)15(11)6-7-4-13-14-5-7/h1-5H,6H2,(H,13,14)(H,17,18). The van der Waals surface area contributed by atoms with E-state index in [9.17, 15) is 18.0 Å². The number of fused-ring (bicyclic) bond motifs is 1. The quantitative estimate of drug-likeness (QED) is 0.849. The van der Waals surface area contributed by atoms with Gasteiger partial charge in [0, 0.05) is 11.8 Å². The maximum Gasteiger partial charge on any atom is 0.335 e. The monoisotopic (exact) mass is 307 g/mol. The van der Waals surface area contributed by atoms with Gasteiger partial charge in [0.05, 0.1) is 23.9 Å². The fraction of sp³-hybridized carbons (Fsp3) is 0.0833. The Bertz CT molecular complexity index is 842. The minimum atomic E-state index is -4.05. The second kappa shape index (κ2) is 4.42. The Morgan fingerprint density at radius 2 is 2.14 bits per heavy atom. The first-order valence-electron chi connectivity index (χ1n) is 5.83. The lowest BCUT2D eigenvalue weighted by atomic mass is 10.1. The van der Waals surface area contributed by atoms with Crippen molar-refractivity contribution < 1.29 is 23.1 Å². The van der Waals surface area contributed by atoms with Crippen LogP contribution < -0.4 is 0 Å². The smallest absolute Gasteiger partial charge is 0.335 e. The van der Waals surface area contributed by atoms with E-state index in [1.165, 1.54) is 24.5 Å². The number of carbonyl (C=O) groups excluding carboxylic acids is 1. The van der Waals surface area contributed by atoms with Gasteiger partial charge in [0.1, 0.15) is 4.90 Å². The van der Waals surface area contributed by atoms with Crippen LogP contribution in [0, 0.1) is 0 Å². The Morgan fingerprint density at radius 1 is 1.38 bits per heavy atom. The normalized spacial score (nSPS) is 16.0. The molecule has 0 atom stereocenters. The minimum Gasteiger partial charge on any atom is -0.478 e. The zero-order valence-electron chi connectivity index (χ0n) is 10.5. The third kappa shape index (κ3) is 1.98. The lowest BCUT2D eigenvalue weighted by molar-refractivity contribution is 0.0695. The molecule has 0 saturated heterocycles. The first-order chi connectivity index (χ1) is 9.91. The number of rotatable bonds is 3. The van der Waals surface area contributed by atoms with E-state index in [1.54, 1.807) is 0 Å². The maximum atomic E-state index is 12.4. The summed E-state index contributed by atoms with van der Waals surface area (Å²) in [6.07, 6.45) is 2.89. The molecule has 0 unspecified atom stereocenters. The van der Waals surface area contributed by atoms with E-state index in [-0.39, 0.29) is 22.6 Å². The minimum absolute atomic E-state index is 0.0245. The average Bonchev–Trinajstić information content (AvgIpc) is 3.01. The van der Waals surface area contributed by atoms with Gasteiger partial charge in [0.2, 0.25) is 0 Å². The molecule has 0 radical (unpaired) electrons. The summed E-state index contributed by atoms with van der Waals surface area (Å²) < 4.78 is 25.5. The van der Waals surface area contributed by atoms with Crippen molar-refractivity contribution in [3.63, 3.8) is 0 Å². The summed E-state index contributed by atoms with van der Waals surface area (Å²) in [6, 6.07) is 3.42. The van der Waals surface area contributed by atoms with E-state index in [1.807, 2.05) is 0 Å². The first-order valence-corrected chi connectivity index (χ1v) is 7.27. The van der Waals surface area contributed by atoms with E-state index in [0.717, 1.165) is 6.07 Å². The number of benzene rings is 1. The van der Waals surface area contributed by atoms with Gasteiger partial charge in [0.15, 0.2) is 0 Å². The molecule has 21 heavy (non-hydrogen) atoms. The van der Waals surface area contributed by atoms with Crippen molar-refractivity contribution in [2.45, 2.75) is 11.4 Å². The average molecular weight is 307 g/mol. The number of nitrogens with one attached hydrogen (secondary N) is 1. The molecule has 1 aliphatic rings. The molecule has 0 bridgehead atoms. The molecule has 1 aromatic carbocycles. The molecule has 2 N–H and O–H groups in total. The number of carboxylic acid groups (broad SMARTS) is 1. The Hall–Kier alpha value is -2.68. The van der Waals surface area contributed by atoms with E-state index in [4.69, 9.17) is 5.11 Å². The van der Waals surface area contributed by atoms with E-state index < -0.39 is 21.9 Å². The van der Waals surface area contributed by atoms with E-state index >= 15 is 0 Å². The molecule has 1 aliphatic heterocycles. The summed E-state index contributed by atoms with van der Waals surface area (Å²) in [6.45, 7) is -0.158. The summed E-state index contributed by atoms with van der Waals surface area (Å²) in [7, 11) is -4.05. The van der Waals surface area contributed by atoms with Crippen LogP contribution in [-0.4, -0.2) is 39.9 Å². The van der Waals surface area contributed by atoms with E-state index in [2.05, 4.69) is 10.2 Å². The predicted molar refractivity (Wildman–Crippen MR) is 69.0 cm³/mol. The highest BCUT2D eigenvalue weighted by molar-refractivity contribution is 7.90. The van der Waals surface area contributed by atoms with Crippen molar-refractivity contribution in [1.29, 1.82) is 0 Å². The van der Waals surface area contributed by atoms with Crippen LogP contribution in [0.5, 0.6) is 0 Å². The van der Waals surface area contributed by atoms with Crippen molar-refractivity contribution in [3.8, 4) is 0 Å². The summed E-state index contributed by atoms with van der Waals surface area (Å²) in [5.41, 5.74) is 0.317. The van der Waals surface area contributed by atoms with Crippen LogP contribution >= 0.6 is 0 Å². The number of amides is 1. The van der Waals surface area contributed by atoms with Crippen molar-refractivity contribution in [3.05, 3.63) is 47.3 Å². The van der Waals surface area contributed by atoms with Gasteiger partial charge in [-0.15, -0.1) is 0 Å². The fourth-order valence-corrected chi connectivity index (χ4v) is 3.68. The van der Waals surface area contributed by atoms with Crippen molar-refractivity contribution >= 4 is 21.9 Å². The SMILES string of the molecule is O=C(O)c1ccc2c(c1)S(=O)(=O)N(Cc1cn[nH]c1)C2=O. The first kappa shape index (κ1) is 13.3.